The van der Waals surface area contributed by atoms with Crippen molar-refractivity contribution >= 4 is 11.0 Å². The van der Waals surface area contributed by atoms with Crippen LogP contribution < -0.4 is 5.32 Å². The van der Waals surface area contributed by atoms with E-state index in [1.807, 2.05) is 17.8 Å². The van der Waals surface area contributed by atoms with Crippen molar-refractivity contribution in [2.45, 2.75) is 32.9 Å². The van der Waals surface area contributed by atoms with Gasteiger partial charge in [-0.3, -0.25) is 0 Å². The van der Waals surface area contributed by atoms with Crippen LogP contribution in [0.5, 0.6) is 0 Å². The molecule has 0 spiro atoms. The Morgan fingerprint density at radius 1 is 1.33 bits per heavy atom. The summed E-state index contributed by atoms with van der Waals surface area (Å²) in [4.78, 5) is 0. The molecule has 0 fully saturated rings. The van der Waals surface area contributed by atoms with Crippen LogP contribution in [0.15, 0.2) is 34.9 Å². The molecule has 0 saturated heterocycles. The van der Waals surface area contributed by atoms with Gasteiger partial charge in [0.05, 0.1) is 11.9 Å². The average molecular weight is 284 g/mol. The van der Waals surface area contributed by atoms with Gasteiger partial charge in [0.25, 0.3) is 0 Å². The molecule has 0 radical (unpaired) electrons. The zero-order valence-electron chi connectivity index (χ0n) is 12.6. The molecule has 0 aliphatic heterocycles. The minimum atomic E-state index is -0.0424. The molecule has 1 N–H and O–H groups in total. The van der Waals surface area contributed by atoms with E-state index in [4.69, 9.17) is 4.42 Å². The molecule has 0 bridgehead atoms. The first kappa shape index (κ1) is 13.8. The molecule has 0 saturated carbocycles. The van der Waals surface area contributed by atoms with Gasteiger partial charge in [-0.2, -0.15) is 0 Å². The molecular formula is C16H20N4O. The largest absolute Gasteiger partial charge is 0.459 e. The molecule has 2 aromatic heterocycles. The number of nitrogens with one attached hydrogen (secondary N) is 1. The molecule has 0 aliphatic rings. The van der Waals surface area contributed by atoms with Crippen molar-refractivity contribution in [1.82, 2.24) is 20.3 Å². The lowest BCUT2D eigenvalue weighted by Crippen LogP contribution is -2.21. The fraction of sp³-hybridized carbons (Fsp3) is 0.375. The minimum absolute atomic E-state index is 0.0424. The maximum absolute atomic E-state index is 6.00. The zero-order chi connectivity index (χ0) is 14.8. The smallest absolute Gasteiger partial charge is 0.134 e. The van der Waals surface area contributed by atoms with Crippen molar-refractivity contribution in [3.05, 3.63) is 47.5 Å². The lowest BCUT2D eigenvalue weighted by atomic mass is 10.1. The van der Waals surface area contributed by atoms with Gasteiger partial charge in [-0.15, -0.1) is 5.10 Å². The van der Waals surface area contributed by atoms with E-state index in [0.29, 0.717) is 0 Å². The molecule has 2 heterocycles. The summed E-state index contributed by atoms with van der Waals surface area (Å²) in [6.07, 6.45) is 2.82. The molecular weight excluding hydrogens is 264 g/mol. The number of furan rings is 1. The van der Waals surface area contributed by atoms with Gasteiger partial charge in [0, 0.05) is 11.9 Å². The van der Waals surface area contributed by atoms with E-state index in [1.165, 1.54) is 5.56 Å². The minimum Gasteiger partial charge on any atom is -0.459 e. The Morgan fingerprint density at radius 3 is 2.95 bits per heavy atom. The number of rotatable bonds is 5. The van der Waals surface area contributed by atoms with Crippen LogP contribution in [0, 0.1) is 6.92 Å². The summed E-state index contributed by atoms with van der Waals surface area (Å²) in [6.45, 7) is 5.07. The Morgan fingerprint density at radius 2 is 2.19 bits per heavy atom. The van der Waals surface area contributed by atoms with E-state index >= 15 is 0 Å². The Hall–Kier alpha value is -2.14. The first-order valence-corrected chi connectivity index (χ1v) is 7.28. The van der Waals surface area contributed by atoms with Crippen molar-refractivity contribution in [3.63, 3.8) is 0 Å². The van der Waals surface area contributed by atoms with E-state index < -0.39 is 0 Å². The van der Waals surface area contributed by atoms with Crippen LogP contribution in [0.25, 0.3) is 11.0 Å². The summed E-state index contributed by atoms with van der Waals surface area (Å²) in [5.74, 6) is 0.887. The van der Waals surface area contributed by atoms with Crippen LogP contribution >= 0.6 is 0 Å². The molecule has 5 nitrogen and oxygen atoms in total. The molecule has 3 rings (SSSR count). The van der Waals surface area contributed by atoms with Crippen LogP contribution in [0.3, 0.4) is 0 Å². The standard InChI is InChI=1S/C16H20N4O/c1-4-7-20-13(10-18-19-20)16(17-3)15-9-12-8-11(2)5-6-14(12)21-15/h5-6,8-10,16-17H,4,7H2,1-3H3. The second-order valence-electron chi connectivity index (χ2n) is 5.29. The van der Waals surface area contributed by atoms with Crippen LogP contribution in [0.1, 0.15) is 36.4 Å². The summed E-state index contributed by atoms with van der Waals surface area (Å²) >= 11 is 0. The van der Waals surface area contributed by atoms with Gasteiger partial charge in [0.15, 0.2) is 0 Å². The van der Waals surface area contributed by atoms with E-state index in [-0.39, 0.29) is 6.04 Å². The SMILES string of the molecule is CCCn1nncc1C(NC)c1cc2cc(C)ccc2o1. The fourth-order valence-corrected chi connectivity index (χ4v) is 2.64. The Bertz CT molecular complexity index is 744. The molecule has 21 heavy (non-hydrogen) atoms. The number of fused-ring (bicyclic) bond motifs is 1. The second-order valence-corrected chi connectivity index (χ2v) is 5.29. The second kappa shape index (κ2) is 5.69. The normalized spacial score (nSPS) is 12.9. The van der Waals surface area contributed by atoms with Gasteiger partial charge >= 0.3 is 0 Å². The lowest BCUT2D eigenvalue weighted by molar-refractivity contribution is 0.457. The van der Waals surface area contributed by atoms with E-state index in [0.717, 1.165) is 35.4 Å². The van der Waals surface area contributed by atoms with E-state index in [2.05, 4.69) is 47.7 Å². The number of aromatic nitrogens is 3. The van der Waals surface area contributed by atoms with Gasteiger partial charge < -0.3 is 9.73 Å². The van der Waals surface area contributed by atoms with E-state index in [9.17, 15) is 0 Å². The van der Waals surface area contributed by atoms with Crippen molar-refractivity contribution in [2.75, 3.05) is 7.05 Å². The summed E-state index contributed by atoms with van der Waals surface area (Å²) < 4.78 is 7.93. The van der Waals surface area contributed by atoms with Crippen LogP contribution in [-0.2, 0) is 6.54 Å². The highest BCUT2D eigenvalue weighted by Crippen LogP contribution is 2.28. The molecule has 1 atom stereocenters. The Labute approximate surface area is 123 Å². The number of hydrogen-bond donors (Lipinski definition) is 1. The topological polar surface area (TPSA) is 55.9 Å². The summed E-state index contributed by atoms with van der Waals surface area (Å²) in [6, 6.07) is 8.26. The Balaban J connectivity index is 2.03. The first-order valence-electron chi connectivity index (χ1n) is 7.28. The van der Waals surface area contributed by atoms with Gasteiger partial charge in [-0.05, 0) is 38.6 Å². The van der Waals surface area contributed by atoms with Crippen LogP contribution in [0.4, 0.5) is 0 Å². The molecule has 0 amide bonds. The van der Waals surface area contributed by atoms with Crippen molar-refractivity contribution in [2.24, 2.45) is 0 Å². The average Bonchev–Trinajstić information content (AvgIpc) is 3.07. The maximum atomic E-state index is 6.00. The number of benzene rings is 1. The molecule has 0 aliphatic carbocycles. The van der Waals surface area contributed by atoms with Gasteiger partial charge in [0.1, 0.15) is 17.4 Å². The van der Waals surface area contributed by atoms with Crippen molar-refractivity contribution < 1.29 is 4.42 Å². The van der Waals surface area contributed by atoms with Crippen LogP contribution in [0.2, 0.25) is 0 Å². The first-order chi connectivity index (χ1) is 10.2. The molecule has 110 valence electrons. The highest BCUT2D eigenvalue weighted by atomic mass is 16.3. The number of hydrogen-bond acceptors (Lipinski definition) is 4. The quantitative estimate of drug-likeness (QED) is 0.782. The maximum Gasteiger partial charge on any atom is 0.134 e. The number of nitrogens with zero attached hydrogens (tertiary/aromatic N) is 3. The third kappa shape index (κ3) is 2.56. The van der Waals surface area contributed by atoms with Gasteiger partial charge in [-0.25, -0.2) is 4.68 Å². The lowest BCUT2D eigenvalue weighted by Gasteiger charge is -2.14. The predicted octanol–water partition coefficient (Wildman–Crippen LogP) is 3.05. The molecule has 1 aromatic carbocycles. The molecule has 5 heteroatoms. The molecule has 3 aromatic rings. The predicted molar refractivity (Wildman–Crippen MR) is 82.2 cm³/mol. The number of aryl methyl sites for hydroxylation is 2. The summed E-state index contributed by atoms with van der Waals surface area (Å²) in [5, 5.41) is 12.6. The zero-order valence-corrected chi connectivity index (χ0v) is 12.6. The monoisotopic (exact) mass is 284 g/mol. The Kier molecular flexibility index (Phi) is 3.75. The fourth-order valence-electron chi connectivity index (χ4n) is 2.64. The van der Waals surface area contributed by atoms with Crippen molar-refractivity contribution in [1.29, 1.82) is 0 Å². The highest BCUT2D eigenvalue weighted by molar-refractivity contribution is 5.78. The van der Waals surface area contributed by atoms with Gasteiger partial charge in [-0.1, -0.05) is 23.8 Å². The molecule has 1 unspecified atom stereocenters. The highest BCUT2D eigenvalue weighted by Gasteiger charge is 2.21. The van der Waals surface area contributed by atoms with Crippen molar-refractivity contribution in [3.8, 4) is 0 Å². The third-order valence-electron chi connectivity index (χ3n) is 3.64. The third-order valence-corrected chi connectivity index (χ3v) is 3.64. The van der Waals surface area contributed by atoms with E-state index in [1.54, 1.807) is 6.20 Å². The summed E-state index contributed by atoms with van der Waals surface area (Å²) in [7, 11) is 1.92. The van der Waals surface area contributed by atoms with Crippen LogP contribution in [-0.4, -0.2) is 22.0 Å². The van der Waals surface area contributed by atoms with Gasteiger partial charge in [0.2, 0.25) is 0 Å². The summed E-state index contributed by atoms with van der Waals surface area (Å²) in [5.41, 5.74) is 3.16.